The standard InChI is InChI=1S/C22H35N6O9P/c1-14-11-28(22(32)27-20(14)30)19-9-17(18(12-29)36-19)37-38(33,34)35-7-5-3-2-4-6-25-21(31)16(23)8-15-10-24-13-26-15/h10-11,13,16-19,29H,2-9,12,23H2,1H3,(H,24,26)(H,25,31)(H,33,34)(H,27,30,32)/t16-,17-,18+,19+/m0/s1. The summed E-state index contributed by atoms with van der Waals surface area (Å²) in [5.74, 6) is -0.249. The lowest BCUT2D eigenvalue weighted by atomic mass is 10.1. The fraction of sp³-hybridized carbons (Fsp3) is 0.636. The quantitative estimate of drug-likeness (QED) is 0.122. The average molecular weight is 559 g/mol. The molecule has 1 aliphatic rings. The third kappa shape index (κ3) is 8.70. The van der Waals surface area contributed by atoms with E-state index in [-0.39, 0.29) is 24.5 Å². The summed E-state index contributed by atoms with van der Waals surface area (Å²) in [6.45, 7) is 1.44. The highest BCUT2D eigenvalue weighted by Gasteiger charge is 2.41. The third-order valence-electron chi connectivity index (χ3n) is 6.04. The van der Waals surface area contributed by atoms with E-state index in [1.165, 1.54) is 19.4 Å². The van der Waals surface area contributed by atoms with E-state index in [0.717, 1.165) is 16.7 Å². The Balaban J connectivity index is 1.33. The summed E-state index contributed by atoms with van der Waals surface area (Å²) in [4.78, 5) is 54.8. The molecule has 1 saturated heterocycles. The molecule has 2 aromatic rings. The number of nitrogens with two attached hydrogens (primary N) is 1. The number of aliphatic hydroxyl groups is 1. The SMILES string of the molecule is Cc1cn([C@H]2C[C@H](OP(=O)(O)OCCCCCCNC(=O)[C@@H](N)Cc3cnc[nH]3)[C@@H](CO)O2)c(=O)[nH]c1=O. The first-order valence-corrected chi connectivity index (χ1v) is 13.8. The first-order valence-electron chi connectivity index (χ1n) is 12.3. The number of aryl methyl sites for hydroxylation is 1. The number of amides is 1. The van der Waals surface area contributed by atoms with Gasteiger partial charge in [0.15, 0.2) is 0 Å². The van der Waals surface area contributed by atoms with Gasteiger partial charge in [-0.05, 0) is 19.8 Å². The minimum atomic E-state index is -4.46. The molecule has 0 saturated carbocycles. The predicted molar refractivity (Wildman–Crippen MR) is 134 cm³/mol. The van der Waals surface area contributed by atoms with Crippen molar-refractivity contribution in [3.8, 4) is 0 Å². The van der Waals surface area contributed by atoms with Gasteiger partial charge in [0, 0.05) is 43.0 Å². The molecule has 5 atom stereocenters. The smallest absolute Gasteiger partial charge is 0.394 e. The highest BCUT2D eigenvalue weighted by atomic mass is 31.2. The molecular formula is C22H35N6O9P. The molecule has 3 rings (SSSR count). The fourth-order valence-corrected chi connectivity index (χ4v) is 4.96. The number of phosphoric ester groups is 1. The van der Waals surface area contributed by atoms with E-state index in [9.17, 15) is 28.9 Å². The Morgan fingerprint density at radius 1 is 1.37 bits per heavy atom. The van der Waals surface area contributed by atoms with Gasteiger partial charge >= 0.3 is 13.5 Å². The number of aromatic nitrogens is 4. The second kappa shape index (κ2) is 13.9. The van der Waals surface area contributed by atoms with E-state index in [1.807, 2.05) is 0 Å². The van der Waals surface area contributed by atoms with Crippen LogP contribution in [0.25, 0.3) is 0 Å². The first-order chi connectivity index (χ1) is 18.1. The topological polar surface area (TPSA) is 224 Å². The van der Waals surface area contributed by atoms with E-state index in [1.54, 1.807) is 6.20 Å². The number of aromatic amines is 2. The normalized spacial score (nSPS) is 21.7. The van der Waals surface area contributed by atoms with Gasteiger partial charge in [-0.1, -0.05) is 12.8 Å². The molecule has 38 heavy (non-hydrogen) atoms. The molecule has 7 N–H and O–H groups in total. The van der Waals surface area contributed by atoms with Gasteiger partial charge in [-0.3, -0.25) is 28.2 Å². The second-order valence-electron chi connectivity index (χ2n) is 9.06. The van der Waals surface area contributed by atoms with Gasteiger partial charge < -0.3 is 30.8 Å². The molecule has 0 spiro atoms. The van der Waals surface area contributed by atoms with E-state index < -0.39 is 50.2 Å². The van der Waals surface area contributed by atoms with Crippen molar-refractivity contribution in [2.45, 2.75) is 69.9 Å². The lowest BCUT2D eigenvalue weighted by Crippen LogP contribution is -2.42. The van der Waals surface area contributed by atoms with Crippen LogP contribution in [0, 0.1) is 6.92 Å². The van der Waals surface area contributed by atoms with Gasteiger partial charge in [-0.2, -0.15) is 0 Å². The number of carbonyl (C=O) groups excluding carboxylic acids is 1. The molecule has 1 fully saturated rings. The van der Waals surface area contributed by atoms with E-state index in [4.69, 9.17) is 19.5 Å². The predicted octanol–water partition coefficient (Wildman–Crippen LogP) is -0.403. The number of H-pyrrole nitrogens is 2. The van der Waals surface area contributed by atoms with Crippen LogP contribution in [0.3, 0.4) is 0 Å². The molecule has 0 aliphatic carbocycles. The summed E-state index contributed by atoms with van der Waals surface area (Å²) in [6, 6.07) is -0.671. The van der Waals surface area contributed by atoms with Gasteiger partial charge in [0.2, 0.25) is 5.91 Å². The van der Waals surface area contributed by atoms with E-state index in [0.29, 0.717) is 32.2 Å². The summed E-state index contributed by atoms with van der Waals surface area (Å²) in [6.07, 6.45) is 4.58. The third-order valence-corrected chi connectivity index (χ3v) is 7.09. The average Bonchev–Trinajstić information content (AvgIpc) is 3.52. The zero-order valence-electron chi connectivity index (χ0n) is 21.1. The van der Waals surface area contributed by atoms with Gasteiger partial charge in [0.25, 0.3) is 5.56 Å². The van der Waals surface area contributed by atoms with Crippen molar-refractivity contribution >= 4 is 13.7 Å². The number of rotatable bonds is 15. The largest absolute Gasteiger partial charge is 0.472 e. The maximum absolute atomic E-state index is 12.4. The Hall–Kier alpha value is -2.65. The minimum Gasteiger partial charge on any atom is -0.394 e. The fourth-order valence-electron chi connectivity index (χ4n) is 3.98. The van der Waals surface area contributed by atoms with Crippen LogP contribution < -0.4 is 22.3 Å². The molecular weight excluding hydrogens is 523 g/mol. The van der Waals surface area contributed by atoms with Crippen LogP contribution in [0.2, 0.25) is 0 Å². The summed E-state index contributed by atoms with van der Waals surface area (Å²) < 4.78 is 29.4. The number of unbranched alkanes of at least 4 members (excludes halogenated alkanes) is 3. The van der Waals surface area contributed by atoms with Crippen molar-refractivity contribution in [1.29, 1.82) is 0 Å². The molecule has 2 aromatic heterocycles. The second-order valence-corrected chi connectivity index (χ2v) is 10.5. The van der Waals surface area contributed by atoms with Crippen LogP contribution in [0.5, 0.6) is 0 Å². The van der Waals surface area contributed by atoms with E-state index >= 15 is 0 Å². The van der Waals surface area contributed by atoms with Gasteiger partial charge in [0.05, 0.1) is 25.6 Å². The highest BCUT2D eigenvalue weighted by Crippen LogP contribution is 2.48. The molecule has 1 amide bonds. The molecule has 15 nitrogen and oxygen atoms in total. The number of ether oxygens (including phenoxy) is 1. The van der Waals surface area contributed by atoms with Crippen molar-refractivity contribution in [3.63, 3.8) is 0 Å². The van der Waals surface area contributed by atoms with Crippen LogP contribution in [-0.2, 0) is 29.6 Å². The van der Waals surface area contributed by atoms with Crippen LogP contribution >= 0.6 is 7.82 Å². The number of hydrogen-bond acceptors (Lipinski definition) is 10. The van der Waals surface area contributed by atoms with Crippen molar-refractivity contribution < 1.29 is 33.1 Å². The van der Waals surface area contributed by atoms with Crippen molar-refractivity contribution in [3.05, 3.63) is 50.8 Å². The molecule has 0 bridgehead atoms. The Labute approximate surface area is 218 Å². The molecule has 212 valence electrons. The number of carbonyl (C=O) groups is 1. The van der Waals surface area contributed by atoms with Crippen LogP contribution in [0.15, 0.2) is 28.3 Å². The van der Waals surface area contributed by atoms with Crippen LogP contribution in [0.4, 0.5) is 0 Å². The molecule has 0 aromatic carbocycles. The Morgan fingerprint density at radius 2 is 2.13 bits per heavy atom. The molecule has 1 aliphatic heterocycles. The number of phosphoric acid groups is 1. The summed E-state index contributed by atoms with van der Waals surface area (Å²) in [7, 11) is -4.46. The lowest BCUT2D eigenvalue weighted by Gasteiger charge is -2.19. The minimum absolute atomic E-state index is 0.0121. The zero-order chi connectivity index (χ0) is 27.7. The van der Waals surface area contributed by atoms with Crippen LogP contribution in [-0.4, -0.2) is 73.4 Å². The van der Waals surface area contributed by atoms with Crippen molar-refractivity contribution in [1.82, 2.24) is 24.8 Å². The maximum Gasteiger partial charge on any atom is 0.472 e. The molecule has 3 heterocycles. The molecule has 16 heteroatoms. The summed E-state index contributed by atoms with van der Waals surface area (Å²) in [5, 5.41) is 12.4. The van der Waals surface area contributed by atoms with Gasteiger partial charge in [0.1, 0.15) is 18.4 Å². The maximum atomic E-state index is 12.4. The van der Waals surface area contributed by atoms with Crippen molar-refractivity contribution in [2.75, 3.05) is 19.8 Å². The van der Waals surface area contributed by atoms with Gasteiger partial charge in [-0.25, -0.2) is 14.3 Å². The zero-order valence-corrected chi connectivity index (χ0v) is 22.0. The van der Waals surface area contributed by atoms with E-state index in [2.05, 4.69) is 20.3 Å². The molecule has 0 radical (unpaired) electrons. The number of nitrogens with one attached hydrogen (secondary N) is 3. The molecule has 1 unspecified atom stereocenters. The Morgan fingerprint density at radius 3 is 2.84 bits per heavy atom. The van der Waals surface area contributed by atoms with Crippen LogP contribution in [0.1, 0.15) is 49.6 Å². The summed E-state index contributed by atoms with van der Waals surface area (Å²) in [5.41, 5.74) is 5.70. The number of nitrogens with zero attached hydrogens (tertiary/aromatic N) is 2. The number of hydrogen-bond donors (Lipinski definition) is 6. The Kier molecular flexibility index (Phi) is 11.0. The number of imidazole rings is 1. The number of aliphatic hydroxyl groups excluding tert-OH is 1. The first kappa shape index (κ1) is 29.9. The van der Waals surface area contributed by atoms with Gasteiger partial charge in [-0.15, -0.1) is 0 Å². The van der Waals surface area contributed by atoms with Crippen molar-refractivity contribution in [2.24, 2.45) is 5.73 Å². The lowest BCUT2D eigenvalue weighted by molar-refractivity contribution is -0.122. The monoisotopic (exact) mass is 558 g/mol. The highest BCUT2D eigenvalue weighted by molar-refractivity contribution is 7.47. The summed E-state index contributed by atoms with van der Waals surface area (Å²) >= 11 is 0. The Bertz CT molecular complexity index is 1200.